The highest BCUT2D eigenvalue weighted by Crippen LogP contribution is 2.29. The first-order valence-corrected chi connectivity index (χ1v) is 13.2. The number of benzene rings is 1. The van der Waals surface area contributed by atoms with Crippen molar-refractivity contribution in [3.05, 3.63) is 54.0 Å². The van der Waals surface area contributed by atoms with E-state index in [9.17, 15) is 12.8 Å². The molecule has 3 rings (SSSR count). The fourth-order valence-electron chi connectivity index (χ4n) is 3.67. The zero-order valence-corrected chi connectivity index (χ0v) is 21.3. The number of sulfonamides is 1. The van der Waals surface area contributed by atoms with E-state index >= 15 is 4.39 Å². The predicted octanol–water partition coefficient (Wildman–Crippen LogP) is 2.16. The number of anilines is 3. The summed E-state index contributed by atoms with van der Waals surface area (Å²) in [5, 5.41) is 0.687. The summed E-state index contributed by atoms with van der Waals surface area (Å²) in [5.41, 5.74) is 6.54. The van der Waals surface area contributed by atoms with Crippen molar-refractivity contribution in [3.8, 4) is 0 Å². The molecule has 0 bridgehead atoms. The summed E-state index contributed by atoms with van der Waals surface area (Å²) in [5.74, 6) is 3.59. The van der Waals surface area contributed by atoms with E-state index in [0.717, 1.165) is 63.4 Å². The molecule has 1 aliphatic heterocycles. The molecule has 1 fully saturated rings. The minimum Gasteiger partial charge on any atom is -0.397 e. The number of hydrogen-bond acceptors (Lipinski definition) is 9. The van der Waals surface area contributed by atoms with Gasteiger partial charge in [-0.25, -0.2) is 23.0 Å². The molecule has 1 aliphatic rings. The van der Waals surface area contributed by atoms with E-state index in [1.165, 1.54) is 6.20 Å². The van der Waals surface area contributed by atoms with Gasteiger partial charge in [0.05, 0.1) is 42.2 Å². The predicted molar refractivity (Wildman–Crippen MR) is 140 cm³/mol. The molecule has 0 atom stereocenters. The van der Waals surface area contributed by atoms with Gasteiger partial charge in [-0.2, -0.15) is 0 Å². The largest absolute Gasteiger partial charge is 0.397 e. The maximum Gasteiger partial charge on any atom is 0.232 e. The SMILES string of the molecule is CCCS(=O)(=O)Nc1ccc(F)c(N(N)/C=C(\N)c2cncc(N(C)CCN3CCOCC3)c2)c1F.[HH]. The third-order valence-corrected chi connectivity index (χ3v) is 7.17. The van der Waals surface area contributed by atoms with Gasteiger partial charge in [0.2, 0.25) is 10.0 Å². The third kappa shape index (κ3) is 7.26. The number of ether oxygens (including phenoxy) is 1. The highest BCUT2D eigenvalue weighted by Gasteiger charge is 2.21. The number of nitrogens with zero attached hydrogens (tertiary/aromatic N) is 4. The Labute approximate surface area is 212 Å². The molecule has 36 heavy (non-hydrogen) atoms. The van der Waals surface area contributed by atoms with Crippen molar-refractivity contribution in [2.24, 2.45) is 11.6 Å². The molecule has 0 aliphatic carbocycles. The standard InChI is InChI=1S/C23H33F2N7O3S.H2/c1-3-12-36(33,34)29-21-5-4-19(24)23(22(21)25)32(27)16-20(26)17-13-18(15-28-14-17)30(2)6-7-31-8-10-35-11-9-31;/h4-5,13-16,29H,3,6-12,26-27H2,1-2H3;1H/b20-16-;. The molecule has 0 saturated carbocycles. The van der Waals surface area contributed by atoms with Crippen LogP contribution in [-0.2, 0) is 14.8 Å². The van der Waals surface area contributed by atoms with Crippen LogP contribution in [0.2, 0.25) is 0 Å². The quantitative estimate of drug-likeness (QED) is 0.297. The molecule has 5 N–H and O–H groups in total. The first-order valence-electron chi connectivity index (χ1n) is 11.6. The van der Waals surface area contributed by atoms with Gasteiger partial charge in [-0.15, -0.1) is 0 Å². The molecule has 1 saturated heterocycles. The Morgan fingerprint density at radius 2 is 2.03 bits per heavy atom. The van der Waals surface area contributed by atoms with Crippen molar-refractivity contribution < 1.29 is 23.4 Å². The Morgan fingerprint density at radius 3 is 2.72 bits per heavy atom. The molecule has 10 nitrogen and oxygen atoms in total. The number of morpholine rings is 1. The molecule has 1 aromatic heterocycles. The van der Waals surface area contributed by atoms with E-state index in [1.807, 2.05) is 11.9 Å². The van der Waals surface area contributed by atoms with E-state index in [-0.39, 0.29) is 12.9 Å². The number of aromatic nitrogens is 1. The van der Waals surface area contributed by atoms with Crippen molar-refractivity contribution >= 4 is 32.8 Å². The molecule has 2 heterocycles. The molecular formula is C23H35F2N7O3S. The number of hydrogen-bond donors (Lipinski definition) is 3. The van der Waals surface area contributed by atoms with Crippen LogP contribution in [0.3, 0.4) is 0 Å². The van der Waals surface area contributed by atoms with Crippen LogP contribution >= 0.6 is 0 Å². The van der Waals surface area contributed by atoms with Crippen molar-refractivity contribution in [1.82, 2.24) is 9.88 Å². The number of nitrogens with two attached hydrogens (primary N) is 2. The van der Waals surface area contributed by atoms with Crippen LogP contribution < -0.4 is 26.2 Å². The molecule has 0 amide bonds. The average molecular weight is 528 g/mol. The summed E-state index contributed by atoms with van der Waals surface area (Å²) < 4.78 is 61.1. The lowest BCUT2D eigenvalue weighted by molar-refractivity contribution is 0.0393. The first kappa shape index (κ1) is 27.6. The summed E-state index contributed by atoms with van der Waals surface area (Å²) in [6, 6.07) is 3.73. The fraction of sp³-hybridized carbons (Fsp3) is 0.435. The van der Waals surface area contributed by atoms with E-state index in [4.69, 9.17) is 16.3 Å². The van der Waals surface area contributed by atoms with Gasteiger partial charge in [0, 0.05) is 52.6 Å². The average Bonchev–Trinajstić information content (AvgIpc) is 2.85. The lowest BCUT2D eigenvalue weighted by Crippen LogP contribution is -2.40. The van der Waals surface area contributed by atoms with Crippen molar-refractivity contribution in [3.63, 3.8) is 0 Å². The van der Waals surface area contributed by atoms with Gasteiger partial charge in [-0.05, 0) is 24.6 Å². The van der Waals surface area contributed by atoms with Gasteiger partial charge >= 0.3 is 0 Å². The number of halogens is 2. The van der Waals surface area contributed by atoms with E-state index in [0.29, 0.717) is 17.0 Å². The Kier molecular flexibility index (Phi) is 9.43. The summed E-state index contributed by atoms with van der Waals surface area (Å²) in [6.07, 6.45) is 4.70. The van der Waals surface area contributed by atoms with Gasteiger partial charge < -0.3 is 15.4 Å². The molecule has 0 radical (unpaired) electrons. The van der Waals surface area contributed by atoms with Crippen LogP contribution in [0, 0.1) is 11.6 Å². The van der Waals surface area contributed by atoms with Crippen LogP contribution in [0.1, 0.15) is 20.3 Å². The fourth-order valence-corrected chi connectivity index (χ4v) is 4.80. The summed E-state index contributed by atoms with van der Waals surface area (Å²) in [4.78, 5) is 8.58. The molecule has 13 heteroatoms. The minimum atomic E-state index is -3.79. The van der Waals surface area contributed by atoms with Crippen LogP contribution in [0.25, 0.3) is 5.70 Å². The summed E-state index contributed by atoms with van der Waals surface area (Å²) in [6.45, 7) is 6.54. The summed E-state index contributed by atoms with van der Waals surface area (Å²) >= 11 is 0. The van der Waals surface area contributed by atoms with E-state index in [2.05, 4.69) is 14.6 Å². The Balaban J connectivity index is 0.00000481. The van der Waals surface area contributed by atoms with Gasteiger partial charge in [0.25, 0.3) is 0 Å². The minimum absolute atomic E-state index is 0. The van der Waals surface area contributed by atoms with Crippen LogP contribution in [0.15, 0.2) is 36.8 Å². The number of pyridine rings is 1. The highest BCUT2D eigenvalue weighted by atomic mass is 32.2. The normalized spacial score (nSPS) is 15.1. The molecule has 0 unspecified atom stereocenters. The zero-order chi connectivity index (χ0) is 26.3. The maximum absolute atomic E-state index is 15.0. The molecule has 2 aromatic rings. The second-order valence-corrected chi connectivity index (χ2v) is 10.3. The molecule has 0 spiro atoms. The van der Waals surface area contributed by atoms with Gasteiger partial charge in [0.1, 0.15) is 5.69 Å². The smallest absolute Gasteiger partial charge is 0.232 e. The number of rotatable bonds is 11. The van der Waals surface area contributed by atoms with Crippen molar-refractivity contribution in [1.29, 1.82) is 0 Å². The van der Waals surface area contributed by atoms with Crippen molar-refractivity contribution in [2.75, 3.05) is 66.8 Å². The van der Waals surface area contributed by atoms with E-state index in [1.54, 1.807) is 19.2 Å². The van der Waals surface area contributed by atoms with Gasteiger partial charge in [-0.1, -0.05) is 6.92 Å². The maximum atomic E-state index is 15.0. The molecule has 1 aromatic carbocycles. The zero-order valence-electron chi connectivity index (χ0n) is 20.5. The second kappa shape index (κ2) is 12.3. The lowest BCUT2D eigenvalue weighted by Gasteiger charge is -2.29. The summed E-state index contributed by atoms with van der Waals surface area (Å²) in [7, 11) is -1.85. The lowest BCUT2D eigenvalue weighted by atomic mass is 10.2. The Morgan fingerprint density at radius 1 is 1.31 bits per heavy atom. The van der Waals surface area contributed by atoms with Gasteiger partial charge in [-0.3, -0.25) is 19.6 Å². The van der Waals surface area contributed by atoms with Crippen LogP contribution in [0.5, 0.6) is 0 Å². The number of hydrazine groups is 1. The second-order valence-electron chi connectivity index (χ2n) is 8.48. The van der Waals surface area contributed by atoms with Gasteiger partial charge in [0.15, 0.2) is 11.6 Å². The first-order chi connectivity index (χ1) is 17.1. The molecular weight excluding hydrogens is 492 g/mol. The van der Waals surface area contributed by atoms with Crippen LogP contribution in [0.4, 0.5) is 25.8 Å². The van der Waals surface area contributed by atoms with E-state index < -0.39 is 33.0 Å². The monoisotopic (exact) mass is 527 g/mol. The third-order valence-electron chi connectivity index (χ3n) is 5.69. The van der Waals surface area contributed by atoms with Crippen molar-refractivity contribution in [2.45, 2.75) is 13.3 Å². The molecule has 200 valence electrons. The Bertz CT molecular complexity index is 1180. The number of nitrogens with one attached hydrogen (secondary N) is 1. The topological polar surface area (TPSA) is 130 Å². The Hall–Kier alpha value is -3.00. The highest BCUT2D eigenvalue weighted by molar-refractivity contribution is 7.92. The van der Waals surface area contributed by atoms with Crippen LogP contribution in [-0.4, -0.2) is 70.5 Å². The number of likely N-dealkylation sites (N-methyl/N-ethyl adjacent to an activating group) is 1.